The Morgan fingerprint density at radius 2 is 2.42 bits per heavy atom. The van der Waals surface area contributed by atoms with Crippen LogP contribution in [0.4, 0.5) is 0 Å². The van der Waals surface area contributed by atoms with Gasteiger partial charge < -0.3 is 5.11 Å². The highest BCUT2D eigenvalue weighted by molar-refractivity contribution is 9.10. The van der Waals surface area contributed by atoms with Crippen LogP contribution >= 0.6 is 15.9 Å². The van der Waals surface area contributed by atoms with Gasteiger partial charge in [0.1, 0.15) is 0 Å². The van der Waals surface area contributed by atoms with Crippen LogP contribution < -0.4 is 0 Å². The summed E-state index contributed by atoms with van der Waals surface area (Å²) in [6, 6.07) is 1.85. The third-order valence-electron chi connectivity index (χ3n) is 1.50. The molecule has 0 fully saturated rings. The van der Waals surface area contributed by atoms with E-state index >= 15 is 0 Å². The molecule has 1 aromatic heterocycles. The molecule has 1 aromatic rings. The third kappa shape index (κ3) is 2.43. The number of hydrogen-bond donors (Lipinski definition) is 1. The summed E-state index contributed by atoms with van der Waals surface area (Å²) >= 11 is 3.28. The van der Waals surface area contributed by atoms with Crippen LogP contribution in [-0.2, 0) is 0 Å². The lowest BCUT2D eigenvalue weighted by molar-refractivity contribution is 0.181. The summed E-state index contributed by atoms with van der Waals surface area (Å²) in [5, 5.41) is 9.51. The van der Waals surface area contributed by atoms with Crippen LogP contribution in [0.3, 0.4) is 0 Å². The monoisotopic (exact) mass is 227 g/mol. The molecule has 1 rings (SSSR count). The van der Waals surface area contributed by atoms with Gasteiger partial charge >= 0.3 is 0 Å². The Morgan fingerprint density at radius 1 is 1.67 bits per heavy atom. The second-order valence-corrected chi connectivity index (χ2v) is 3.39. The second-order valence-electron chi connectivity index (χ2n) is 2.48. The van der Waals surface area contributed by atoms with E-state index in [9.17, 15) is 5.11 Å². The predicted molar refractivity (Wildman–Crippen MR) is 51.7 cm³/mol. The zero-order valence-corrected chi connectivity index (χ0v) is 8.16. The summed E-state index contributed by atoms with van der Waals surface area (Å²) in [5.41, 5.74) is 0.810. The molecule has 0 aliphatic carbocycles. The Bertz CT molecular complexity index is 275. The SMILES string of the molecule is C=CC[C@@H](O)c1cncc(Br)c1. The van der Waals surface area contributed by atoms with Gasteiger partial charge in [-0.3, -0.25) is 4.98 Å². The molecule has 0 aliphatic rings. The van der Waals surface area contributed by atoms with Crippen LogP contribution in [-0.4, -0.2) is 10.1 Å². The van der Waals surface area contributed by atoms with E-state index in [1.807, 2.05) is 6.07 Å². The molecule has 3 heteroatoms. The van der Waals surface area contributed by atoms with E-state index in [0.29, 0.717) is 6.42 Å². The molecule has 0 bridgehead atoms. The molecule has 12 heavy (non-hydrogen) atoms. The van der Waals surface area contributed by atoms with Gasteiger partial charge in [0.2, 0.25) is 0 Å². The Hall–Kier alpha value is -0.670. The molecule has 0 unspecified atom stereocenters. The summed E-state index contributed by atoms with van der Waals surface area (Å²) in [6.45, 7) is 3.56. The lowest BCUT2D eigenvalue weighted by Gasteiger charge is -2.07. The van der Waals surface area contributed by atoms with Crippen LogP contribution in [0.2, 0.25) is 0 Å². The fourth-order valence-corrected chi connectivity index (χ4v) is 1.29. The lowest BCUT2D eigenvalue weighted by Crippen LogP contribution is -1.95. The Labute approximate surface area is 80.1 Å². The molecular formula is C9H10BrNO. The smallest absolute Gasteiger partial charge is 0.0839 e. The summed E-state index contributed by atoms with van der Waals surface area (Å²) in [6.07, 6.45) is 5.08. The summed E-state index contributed by atoms with van der Waals surface area (Å²) < 4.78 is 0.878. The van der Waals surface area contributed by atoms with Gasteiger partial charge in [-0.1, -0.05) is 6.08 Å². The lowest BCUT2D eigenvalue weighted by atomic mass is 10.1. The maximum Gasteiger partial charge on any atom is 0.0839 e. The van der Waals surface area contributed by atoms with Crippen molar-refractivity contribution in [1.82, 2.24) is 4.98 Å². The molecule has 0 radical (unpaired) electrons. The highest BCUT2D eigenvalue weighted by Crippen LogP contribution is 2.19. The van der Waals surface area contributed by atoms with Crippen molar-refractivity contribution < 1.29 is 5.11 Å². The highest BCUT2D eigenvalue weighted by Gasteiger charge is 2.05. The van der Waals surface area contributed by atoms with Crippen LogP contribution in [0.15, 0.2) is 35.6 Å². The molecule has 2 nitrogen and oxygen atoms in total. The predicted octanol–water partition coefficient (Wildman–Crippen LogP) is 2.45. The van der Waals surface area contributed by atoms with Crippen LogP contribution in [0.25, 0.3) is 0 Å². The first-order valence-corrected chi connectivity index (χ1v) is 4.42. The number of hydrogen-bond acceptors (Lipinski definition) is 2. The molecule has 64 valence electrons. The van der Waals surface area contributed by atoms with E-state index in [1.54, 1.807) is 18.5 Å². The second kappa shape index (κ2) is 4.38. The molecule has 1 N–H and O–H groups in total. The third-order valence-corrected chi connectivity index (χ3v) is 1.93. The van der Waals surface area contributed by atoms with Crippen LogP contribution in [0.5, 0.6) is 0 Å². The average molecular weight is 228 g/mol. The summed E-state index contributed by atoms with van der Waals surface area (Å²) in [4.78, 5) is 3.95. The summed E-state index contributed by atoms with van der Waals surface area (Å²) in [7, 11) is 0. The number of pyridine rings is 1. The van der Waals surface area contributed by atoms with Crippen molar-refractivity contribution in [2.45, 2.75) is 12.5 Å². The molecular weight excluding hydrogens is 218 g/mol. The van der Waals surface area contributed by atoms with Gasteiger partial charge in [0, 0.05) is 22.4 Å². The van der Waals surface area contributed by atoms with Gasteiger partial charge in [-0.2, -0.15) is 0 Å². The van der Waals surface area contributed by atoms with Crippen molar-refractivity contribution >= 4 is 15.9 Å². The zero-order valence-electron chi connectivity index (χ0n) is 6.57. The van der Waals surface area contributed by atoms with E-state index < -0.39 is 6.10 Å². The minimum absolute atomic E-state index is 0.493. The zero-order chi connectivity index (χ0) is 8.97. The number of rotatable bonds is 3. The van der Waals surface area contributed by atoms with E-state index in [1.165, 1.54) is 0 Å². The number of aliphatic hydroxyl groups is 1. The Kier molecular flexibility index (Phi) is 3.44. The van der Waals surface area contributed by atoms with Gasteiger partial charge in [-0.15, -0.1) is 6.58 Å². The first-order valence-electron chi connectivity index (χ1n) is 3.63. The highest BCUT2D eigenvalue weighted by atomic mass is 79.9. The van der Waals surface area contributed by atoms with Crippen molar-refractivity contribution in [2.24, 2.45) is 0 Å². The van der Waals surface area contributed by atoms with Gasteiger partial charge in [-0.05, 0) is 28.4 Å². The fraction of sp³-hybridized carbons (Fsp3) is 0.222. The number of aromatic nitrogens is 1. The first-order chi connectivity index (χ1) is 5.74. The van der Waals surface area contributed by atoms with Crippen LogP contribution in [0, 0.1) is 0 Å². The summed E-state index contributed by atoms with van der Waals surface area (Å²) in [5.74, 6) is 0. The minimum Gasteiger partial charge on any atom is -0.388 e. The van der Waals surface area contributed by atoms with Crippen LogP contribution in [0.1, 0.15) is 18.1 Å². The average Bonchev–Trinajstić information content (AvgIpc) is 2.05. The quantitative estimate of drug-likeness (QED) is 0.806. The molecule has 0 aliphatic heterocycles. The molecule has 0 saturated carbocycles. The fourth-order valence-electron chi connectivity index (χ4n) is 0.904. The Morgan fingerprint density at radius 3 is 3.00 bits per heavy atom. The molecule has 0 aromatic carbocycles. The van der Waals surface area contributed by atoms with E-state index in [0.717, 1.165) is 10.0 Å². The van der Waals surface area contributed by atoms with Gasteiger partial charge in [0.15, 0.2) is 0 Å². The molecule has 0 amide bonds. The first kappa shape index (κ1) is 9.42. The normalized spacial score (nSPS) is 12.5. The Balaban J connectivity index is 2.80. The van der Waals surface area contributed by atoms with E-state index in [2.05, 4.69) is 27.5 Å². The van der Waals surface area contributed by atoms with Crippen molar-refractivity contribution in [2.75, 3.05) is 0 Å². The topological polar surface area (TPSA) is 33.1 Å². The number of aliphatic hydroxyl groups excluding tert-OH is 1. The van der Waals surface area contributed by atoms with Crippen molar-refractivity contribution in [3.63, 3.8) is 0 Å². The molecule has 1 heterocycles. The maximum atomic E-state index is 9.51. The maximum absolute atomic E-state index is 9.51. The standard InChI is InChI=1S/C9H10BrNO/c1-2-3-9(12)7-4-8(10)6-11-5-7/h2,4-6,9,12H,1,3H2/t9-/m1/s1. The van der Waals surface area contributed by atoms with E-state index in [4.69, 9.17) is 0 Å². The number of nitrogens with zero attached hydrogens (tertiary/aromatic N) is 1. The number of halogens is 1. The van der Waals surface area contributed by atoms with Gasteiger partial charge in [0.05, 0.1) is 6.10 Å². The molecule has 1 atom stereocenters. The molecule has 0 saturated heterocycles. The minimum atomic E-state index is -0.493. The van der Waals surface area contributed by atoms with E-state index in [-0.39, 0.29) is 0 Å². The van der Waals surface area contributed by atoms with Crippen molar-refractivity contribution in [1.29, 1.82) is 0 Å². The van der Waals surface area contributed by atoms with Crippen molar-refractivity contribution in [3.05, 3.63) is 41.2 Å². The van der Waals surface area contributed by atoms with Gasteiger partial charge in [0.25, 0.3) is 0 Å². The van der Waals surface area contributed by atoms with Gasteiger partial charge in [-0.25, -0.2) is 0 Å². The molecule has 0 spiro atoms. The van der Waals surface area contributed by atoms with Crippen molar-refractivity contribution in [3.8, 4) is 0 Å². The largest absolute Gasteiger partial charge is 0.388 e.